The van der Waals surface area contributed by atoms with Gasteiger partial charge in [-0.2, -0.15) is 0 Å². The fourth-order valence-electron chi connectivity index (χ4n) is 1.61. The third-order valence-corrected chi connectivity index (χ3v) is 2.97. The third-order valence-electron chi connectivity index (χ3n) is 2.45. The number of rotatable bonds is 2. The predicted octanol–water partition coefficient (Wildman–Crippen LogP) is 3.75. The highest BCUT2D eigenvalue weighted by molar-refractivity contribution is 9.11. The molecule has 1 unspecified atom stereocenters. The van der Waals surface area contributed by atoms with E-state index in [1.54, 1.807) is 0 Å². The molecule has 0 saturated heterocycles. The Kier molecular flexibility index (Phi) is 4.80. The minimum Gasteiger partial charge on any atom is -0.444 e. The van der Waals surface area contributed by atoms with Gasteiger partial charge in [0.25, 0.3) is 0 Å². The van der Waals surface area contributed by atoms with E-state index in [9.17, 15) is 4.79 Å². The van der Waals surface area contributed by atoms with Crippen LogP contribution < -0.4 is 5.32 Å². The summed E-state index contributed by atoms with van der Waals surface area (Å²) in [6, 6.07) is 0.0577. The number of carbonyl (C=O) groups is 1. The van der Waals surface area contributed by atoms with Crippen molar-refractivity contribution in [2.24, 2.45) is 5.92 Å². The van der Waals surface area contributed by atoms with Crippen LogP contribution in [0, 0.1) is 5.92 Å². The quantitative estimate of drug-likeness (QED) is 0.843. The van der Waals surface area contributed by atoms with Crippen LogP contribution in [0.2, 0.25) is 0 Å². The lowest BCUT2D eigenvalue weighted by Gasteiger charge is -2.26. The summed E-state index contributed by atoms with van der Waals surface area (Å²) in [5.41, 5.74) is -0.452. The van der Waals surface area contributed by atoms with E-state index in [2.05, 4.69) is 33.4 Å². The molecule has 1 aliphatic rings. The number of amides is 1. The Morgan fingerprint density at radius 2 is 2.24 bits per heavy atom. The van der Waals surface area contributed by atoms with E-state index >= 15 is 0 Å². The maximum atomic E-state index is 11.6. The first-order valence-electron chi connectivity index (χ1n) is 5.81. The minimum absolute atomic E-state index is 0.0577. The molecule has 1 amide bonds. The van der Waals surface area contributed by atoms with E-state index in [1.807, 2.05) is 33.8 Å². The zero-order valence-electron chi connectivity index (χ0n) is 10.8. The largest absolute Gasteiger partial charge is 0.444 e. The highest BCUT2D eigenvalue weighted by Gasteiger charge is 2.21. The topological polar surface area (TPSA) is 38.3 Å². The van der Waals surface area contributed by atoms with Crippen molar-refractivity contribution < 1.29 is 9.53 Å². The Labute approximate surface area is 111 Å². The molecule has 3 nitrogen and oxygen atoms in total. The van der Waals surface area contributed by atoms with E-state index in [1.165, 1.54) is 0 Å². The van der Waals surface area contributed by atoms with E-state index in [0.29, 0.717) is 5.92 Å². The summed E-state index contributed by atoms with van der Waals surface area (Å²) in [5, 5.41) is 2.87. The summed E-state index contributed by atoms with van der Waals surface area (Å²) in [4.78, 5) is 11.6. The molecule has 0 aromatic heterocycles. The number of allylic oxidation sites excluding steroid dienone is 3. The number of ether oxygens (including phenoxy) is 1. The monoisotopic (exact) mass is 301 g/mol. The first-order valence-corrected chi connectivity index (χ1v) is 6.60. The molecule has 0 radical (unpaired) electrons. The molecule has 0 aromatic carbocycles. The van der Waals surface area contributed by atoms with Crippen LogP contribution in [0.25, 0.3) is 0 Å². The molecule has 1 aliphatic carbocycles. The molecule has 96 valence electrons. The number of hydrogen-bond donors (Lipinski definition) is 1. The molecule has 0 saturated carbocycles. The van der Waals surface area contributed by atoms with Crippen LogP contribution in [0.5, 0.6) is 0 Å². The van der Waals surface area contributed by atoms with Crippen LogP contribution in [0.3, 0.4) is 0 Å². The van der Waals surface area contributed by atoms with Crippen LogP contribution in [0.4, 0.5) is 4.79 Å². The number of halogens is 1. The van der Waals surface area contributed by atoms with Crippen molar-refractivity contribution in [3.8, 4) is 0 Å². The van der Waals surface area contributed by atoms with Gasteiger partial charge in [0.05, 0.1) is 0 Å². The summed E-state index contributed by atoms with van der Waals surface area (Å²) in [6.45, 7) is 7.57. The van der Waals surface area contributed by atoms with Crippen molar-refractivity contribution in [2.75, 3.05) is 0 Å². The predicted molar refractivity (Wildman–Crippen MR) is 73.1 cm³/mol. The number of carbonyl (C=O) groups excluding carboxylic acids is 1. The first-order chi connectivity index (χ1) is 7.78. The van der Waals surface area contributed by atoms with E-state index in [0.717, 1.165) is 10.9 Å². The number of hydrogen-bond acceptors (Lipinski definition) is 2. The Bertz CT molecular complexity index is 342. The molecule has 4 heteroatoms. The Morgan fingerprint density at radius 1 is 1.59 bits per heavy atom. The van der Waals surface area contributed by atoms with Gasteiger partial charge >= 0.3 is 6.09 Å². The van der Waals surface area contributed by atoms with E-state index < -0.39 is 5.60 Å². The molecule has 0 spiro atoms. The standard InChI is InChI=1S/C13H20BrNO2/c1-9(10-6-5-7-11(14)8-10)15-12(16)17-13(2,3)4/h5,7-10H,6H2,1-4H3,(H,15,16)/t9-,10?/m1/s1. The van der Waals surface area contributed by atoms with Gasteiger partial charge in [-0.3, -0.25) is 0 Å². The van der Waals surface area contributed by atoms with Gasteiger partial charge in [0.1, 0.15) is 5.60 Å². The van der Waals surface area contributed by atoms with Gasteiger partial charge in [0.15, 0.2) is 0 Å². The highest BCUT2D eigenvalue weighted by atomic mass is 79.9. The molecule has 0 fully saturated rings. The molecule has 1 N–H and O–H groups in total. The zero-order chi connectivity index (χ0) is 13.1. The highest BCUT2D eigenvalue weighted by Crippen LogP contribution is 2.23. The maximum Gasteiger partial charge on any atom is 0.407 e. The van der Waals surface area contributed by atoms with Crippen LogP contribution in [0.15, 0.2) is 22.7 Å². The average molecular weight is 302 g/mol. The second kappa shape index (κ2) is 5.71. The van der Waals surface area contributed by atoms with Gasteiger partial charge in [-0.05, 0) is 34.1 Å². The summed E-state index contributed by atoms with van der Waals surface area (Å²) < 4.78 is 6.29. The summed E-state index contributed by atoms with van der Waals surface area (Å²) in [6.07, 6.45) is 6.82. The lowest BCUT2D eigenvalue weighted by Crippen LogP contribution is -2.41. The maximum absolute atomic E-state index is 11.6. The molecular formula is C13H20BrNO2. The van der Waals surface area contributed by atoms with Crippen molar-refractivity contribution in [1.29, 1.82) is 0 Å². The van der Waals surface area contributed by atoms with Crippen molar-refractivity contribution >= 4 is 22.0 Å². The Hall–Kier alpha value is -0.770. The molecule has 0 aromatic rings. The molecule has 17 heavy (non-hydrogen) atoms. The minimum atomic E-state index is -0.452. The van der Waals surface area contributed by atoms with Crippen molar-refractivity contribution in [3.05, 3.63) is 22.7 Å². The summed E-state index contributed by atoms with van der Waals surface area (Å²) in [7, 11) is 0. The lowest BCUT2D eigenvalue weighted by molar-refractivity contribution is 0.0498. The summed E-state index contributed by atoms with van der Waals surface area (Å²) >= 11 is 3.44. The van der Waals surface area contributed by atoms with E-state index in [-0.39, 0.29) is 12.1 Å². The van der Waals surface area contributed by atoms with Crippen molar-refractivity contribution in [3.63, 3.8) is 0 Å². The SMILES string of the molecule is C[C@@H](NC(=O)OC(C)(C)C)C1C=C(Br)C=CC1. The molecule has 0 heterocycles. The second-order valence-corrected chi connectivity index (χ2v) is 6.20. The fraction of sp³-hybridized carbons (Fsp3) is 0.615. The van der Waals surface area contributed by atoms with Gasteiger partial charge in [-0.15, -0.1) is 0 Å². The molecule has 1 rings (SSSR count). The van der Waals surface area contributed by atoms with Crippen LogP contribution >= 0.6 is 15.9 Å². The molecule has 0 bridgehead atoms. The van der Waals surface area contributed by atoms with E-state index in [4.69, 9.17) is 4.74 Å². The number of alkyl carbamates (subject to hydrolysis) is 1. The smallest absolute Gasteiger partial charge is 0.407 e. The Morgan fingerprint density at radius 3 is 2.76 bits per heavy atom. The van der Waals surface area contributed by atoms with Gasteiger partial charge in [0, 0.05) is 16.4 Å². The van der Waals surface area contributed by atoms with Crippen LogP contribution in [-0.4, -0.2) is 17.7 Å². The van der Waals surface area contributed by atoms with Crippen molar-refractivity contribution in [1.82, 2.24) is 5.32 Å². The summed E-state index contributed by atoms with van der Waals surface area (Å²) in [5.74, 6) is 0.307. The van der Waals surface area contributed by atoms with Gasteiger partial charge < -0.3 is 10.1 Å². The van der Waals surface area contributed by atoms with Crippen LogP contribution in [-0.2, 0) is 4.74 Å². The Balaban J connectivity index is 2.47. The van der Waals surface area contributed by atoms with Crippen LogP contribution in [0.1, 0.15) is 34.1 Å². The first kappa shape index (κ1) is 14.3. The molecule has 2 atom stereocenters. The van der Waals surface area contributed by atoms with Crippen molar-refractivity contribution in [2.45, 2.75) is 45.8 Å². The lowest BCUT2D eigenvalue weighted by atomic mass is 9.94. The molecule has 0 aliphatic heterocycles. The fourth-order valence-corrected chi connectivity index (χ4v) is 2.14. The third kappa shape index (κ3) is 5.39. The van der Waals surface area contributed by atoms with Gasteiger partial charge in [-0.25, -0.2) is 4.79 Å². The second-order valence-electron chi connectivity index (χ2n) is 5.29. The molecular weight excluding hydrogens is 282 g/mol. The number of nitrogens with one attached hydrogen (secondary N) is 1. The normalized spacial score (nSPS) is 21.7. The van der Waals surface area contributed by atoms with Gasteiger partial charge in [0.2, 0.25) is 0 Å². The average Bonchev–Trinajstić information content (AvgIpc) is 2.14. The zero-order valence-corrected chi connectivity index (χ0v) is 12.4. The van der Waals surface area contributed by atoms with Gasteiger partial charge in [-0.1, -0.05) is 34.2 Å².